The number of esters is 1. The molecule has 1 aliphatic rings. The van der Waals surface area contributed by atoms with Crippen molar-refractivity contribution in [3.63, 3.8) is 0 Å². The molecule has 0 atom stereocenters. The van der Waals surface area contributed by atoms with Crippen LogP contribution in [0.5, 0.6) is 11.5 Å². The third-order valence-electron chi connectivity index (χ3n) is 5.34. The Morgan fingerprint density at radius 2 is 1.02 bits per heavy atom. The van der Waals surface area contributed by atoms with Crippen molar-refractivity contribution >= 4 is 89.9 Å². The molecule has 0 amide bonds. The van der Waals surface area contributed by atoms with Crippen LogP contribution in [0.4, 0.5) is 0 Å². The second-order valence-corrected chi connectivity index (χ2v) is 13.2. The first-order chi connectivity index (χ1) is 16.5. The molecular formula is C20H16Br4Na2O14S2. The van der Waals surface area contributed by atoms with E-state index in [0.29, 0.717) is 8.95 Å². The fourth-order valence-corrected chi connectivity index (χ4v) is 7.59. The summed E-state index contributed by atoms with van der Waals surface area (Å²) in [5, 5.41) is 20.0. The Hall–Kier alpha value is 0.310. The molecule has 22 heteroatoms. The van der Waals surface area contributed by atoms with Gasteiger partial charge in [0, 0.05) is 34.6 Å². The van der Waals surface area contributed by atoms with Crippen LogP contribution in [-0.2, 0) is 30.6 Å². The van der Waals surface area contributed by atoms with Gasteiger partial charge in [0.15, 0.2) is 5.60 Å². The molecule has 0 bridgehead atoms. The van der Waals surface area contributed by atoms with Crippen molar-refractivity contribution in [1.82, 2.24) is 0 Å². The minimum Gasteiger partial charge on any atom is -0.744 e. The van der Waals surface area contributed by atoms with Crippen molar-refractivity contribution in [2.24, 2.45) is 0 Å². The van der Waals surface area contributed by atoms with Crippen molar-refractivity contribution in [3.8, 4) is 11.5 Å². The van der Waals surface area contributed by atoms with Crippen LogP contribution in [0, 0.1) is 0 Å². The van der Waals surface area contributed by atoms with Gasteiger partial charge >= 0.3 is 65.1 Å². The van der Waals surface area contributed by atoms with E-state index in [1.54, 1.807) is 0 Å². The first-order valence-corrected chi connectivity index (χ1v) is 15.2. The largest absolute Gasteiger partial charge is 1.00 e. The van der Waals surface area contributed by atoms with Gasteiger partial charge in [0.1, 0.15) is 31.7 Å². The van der Waals surface area contributed by atoms with Crippen LogP contribution in [0.1, 0.15) is 27.0 Å². The summed E-state index contributed by atoms with van der Waals surface area (Å²) in [7, 11) is -10.4. The van der Waals surface area contributed by atoms with E-state index in [-0.39, 0.29) is 112 Å². The van der Waals surface area contributed by atoms with Crippen LogP contribution in [0.25, 0.3) is 0 Å². The van der Waals surface area contributed by atoms with Crippen LogP contribution in [0.2, 0.25) is 0 Å². The maximum atomic E-state index is 13.2. The fraction of sp³-hybridized carbons (Fsp3) is 0.0500. The Morgan fingerprint density at radius 3 is 1.38 bits per heavy atom. The van der Waals surface area contributed by atoms with Gasteiger partial charge in [0.2, 0.25) is 0 Å². The molecule has 0 radical (unpaired) electrons. The molecule has 1 aliphatic heterocycles. The molecule has 42 heavy (non-hydrogen) atoms. The molecule has 3 aromatic carbocycles. The number of ether oxygens (including phenoxy) is 1. The number of aromatic hydroxyl groups is 2. The van der Waals surface area contributed by atoms with Gasteiger partial charge in [-0.2, -0.15) is 0 Å². The summed E-state index contributed by atoms with van der Waals surface area (Å²) in [6.45, 7) is 0. The zero-order valence-electron chi connectivity index (χ0n) is 21.0. The third-order valence-corrected chi connectivity index (χ3v) is 11.8. The summed E-state index contributed by atoms with van der Waals surface area (Å²) in [5.41, 5.74) is -2.56. The molecule has 10 N–H and O–H groups in total. The molecule has 1 heterocycles. The molecule has 0 saturated carbocycles. The minimum atomic E-state index is -5.22. The molecule has 3 aromatic rings. The van der Waals surface area contributed by atoms with Crippen LogP contribution >= 0.6 is 63.7 Å². The average Bonchev–Trinajstić information content (AvgIpc) is 3.09. The minimum absolute atomic E-state index is 0. The number of benzene rings is 3. The number of carbonyl (C=O) groups is 1. The van der Waals surface area contributed by atoms with Gasteiger partial charge in [-0.15, -0.1) is 0 Å². The van der Waals surface area contributed by atoms with E-state index in [1.165, 1.54) is 0 Å². The molecule has 0 spiro atoms. The Kier molecular flexibility index (Phi) is 18.1. The summed E-state index contributed by atoms with van der Waals surface area (Å²) in [6.07, 6.45) is 0. The van der Waals surface area contributed by atoms with Gasteiger partial charge in [0.05, 0.1) is 15.4 Å². The molecule has 0 unspecified atom stereocenters. The van der Waals surface area contributed by atoms with E-state index < -0.39 is 53.1 Å². The Labute approximate surface area is 316 Å². The van der Waals surface area contributed by atoms with E-state index >= 15 is 0 Å². The standard InChI is InChI=1S/C20H10Br4O10S2.2Na.4H2O/c21-15-13-14(16(22)18(24)17(15)23)20(34-19(13)27,7-1-3-9(25)11(5-7)35(28,29)30)8-2-4-10(26)12(6-8)36(31,32)33;;;;;;/h1-6,25-26H,(H,28,29,30)(H,31,32,33);;;4*1H2/q;2*+1;;;;/p-2. The quantitative estimate of drug-likeness (QED) is 0.0827. The van der Waals surface area contributed by atoms with Gasteiger partial charge in [-0.25, -0.2) is 21.6 Å². The number of phenols is 2. The van der Waals surface area contributed by atoms with Crippen LogP contribution in [0.15, 0.2) is 64.1 Å². The van der Waals surface area contributed by atoms with Gasteiger partial charge < -0.3 is 46.0 Å². The molecule has 0 saturated heterocycles. The van der Waals surface area contributed by atoms with Crippen molar-refractivity contribution in [3.05, 3.63) is 76.5 Å². The average molecular weight is 910 g/mol. The van der Waals surface area contributed by atoms with Crippen LogP contribution in [-0.4, -0.2) is 64.0 Å². The second-order valence-electron chi connectivity index (χ2n) is 7.35. The number of carbonyl (C=O) groups excluding carboxylic acids is 1. The summed E-state index contributed by atoms with van der Waals surface area (Å²) in [5.74, 6) is -2.69. The third kappa shape index (κ3) is 7.81. The number of halogens is 4. The Bertz CT molecular complexity index is 1640. The van der Waals surface area contributed by atoms with Crippen LogP contribution < -0.4 is 59.1 Å². The van der Waals surface area contributed by atoms with E-state index in [9.17, 15) is 40.9 Å². The maximum Gasteiger partial charge on any atom is 1.00 e. The summed E-state index contributed by atoms with van der Waals surface area (Å²) in [6, 6.07) is 5.62. The molecule has 0 aromatic heterocycles. The number of hydrogen-bond donors (Lipinski definition) is 2. The van der Waals surface area contributed by atoms with E-state index in [0.717, 1.165) is 36.4 Å². The molecule has 4 rings (SSSR count). The SMILES string of the molecule is O.O.O.O.O=C1OC(c2ccc(O)c(S(=O)(=O)[O-])c2)(c2ccc(O)c(S(=O)(=O)[O-])c2)c2c(Br)c(Br)c(Br)c(Br)c21.[Na+].[Na+]. The smallest absolute Gasteiger partial charge is 0.744 e. The molecule has 14 nitrogen and oxygen atoms in total. The van der Waals surface area contributed by atoms with E-state index in [1.807, 2.05) is 0 Å². The monoisotopic (exact) mass is 906 g/mol. The predicted octanol–water partition coefficient (Wildman–Crippen LogP) is -4.87. The summed E-state index contributed by atoms with van der Waals surface area (Å²) >= 11 is 13.3. The van der Waals surface area contributed by atoms with Gasteiger partial charge in [0.25, 0.3) is 0 Å². The van der Waals surface area contributed by atoms with Gasteiger partial charge in [-0.3, -0.25) is 0 Å². The van der Waals surface area contributed by atoms with Gasteiger partial charge in [-0.05, 0) is 88.0 Å². The zero-order valence-corrected chi connectivity index (χ0v) is 32.9. The van der Waals surface area contributed by atoms with Crippen molar-refractivity contribution in [1.29, 1.82) is 0 Å². The Morgan fingerprint density at radius 1 is 0.667 bits per heavy atom. The predicted molar refractivity (Wildman–Crippen MR) is 149 cm³/mol. The van der Waals surface area contributed by atoms with Crippen molar-refractivity contribution in [2.75, 3.05) is 0 Å². The number of fused-ring (bicyclic) bond motifs is 1. The number of hydrogen-bond acceptors (Lipinski definition) is 10. The van der Waals surface area contributed by atoms with Crippen molar-refractivity contribution in [2.45, 2.75) is 15.4 Å². The normalized spacial score (nSPS) is 12.9. The molecule has 0 fully saturated rings. The van der Waals surface area contributed by atoms with E-state index in [4.69, 9.17) is 4.74 Å². The fourth-order valence-electron chi connectivity index (χ4n) is 3.83. The topological polar surface area (TPSA) is 307 Å². The molecule has 0 aliphatic carbocycles. The summed E-state index contributed by atoms with van der Waals surface area (Å²) < 4.78 is 77.8. The second kappa shape index (κ2) is 16.2. The van der Waals surface area contributed by atoms with E-state index in [2.05, 4.69) is 63.7 Å². The number of cyclic esters (lactones) is 1. The summed E-state index contributed by atoms with van der Waals surface area (Å²) in [4.78, 5) is 11.1. The first-order valence-electron chi connectivity index (χ1n) is 9.20. The maximum absolute atomic E-state index is 13.2. The number of phenolic OH excluding ortho intramolecular Hbond substituents is 2. The Balaban J connectivity index is -0.00000253. The van der Waals surface area contributed by atoms with Gasteiger partial charge in [-0.1, -0.05) is 12.1 Å². The number of rotatable bonds is 4. The van der Waals surface area contributed by atoms with Crippen molar-refractivity contribution < 1.29 is 127 Å². The first kappa shape index (κ1) is 46.7. The molecular weight excluding hydrogens is 894 g/mol. The van der Waals surface area contributed by atoms with Crippen LogP contribution in [0.3, 0.4) is 0 Å². The molecule has 222 valence electrons. The zero-order chi connectivity index (χ0) is 27.0.